The van der Waals surface area contributed by atoms with E-state index in [0.717, 1.165) is 0 Å². The molecule has 0 unspecified atom stereocenters. The minimum absolute atomic E-state index is 0.111. The van der Waals surface area contributed by atoms with E-state index < -0.39 is 0 Å². The zero-order valence-corrected chi connectivity index (χ0v) is 17.1. The van der Waals surface area contributed by atoms with Crippen LogP contribution < -0.4 is 18.9 Å². The summed E-state index contributed by atoms with van der Waals surface area (Å²) < 4.78 is 22.0. The number of benzene rings is 3. The van der Waals surface area contributed by atoms with Crippen LogP contribution in [0.1, 0.15) is 26.3 Å². The van der Waals surface area contributed by atoms with E-state index in [-0.39, 0.29) is 23.9 Å². The van der Waals surface area contributed by atoms with Gasteiger partial charge in [-0.25, -0.2) is 0 Å². The Hall–Kier alpha value is -4.06. The lowest BCUT2D eigenvalue weighted by atomic mass is 10.1. The fourth-order valence-corrected chi connectivity index (χ4v) is 3.21. The van der Waals surface area contributed by atoms with Crippen molar-refractivity contribution in [1.29, 1.82) is 0 Å². The summed E-state index contributed by atoms with van der Waals surface area (Å²) in [6.45, 7) is -0.111. The van der Waals surface area contributed by atoms with Crippen molar-refractivity contribution in [2.24, 2.45) is 0 Å². The van der Waals surface area contributed by atoms with Crippen LogP contribution in [-0.4, -0.2) is 32.4 Å². The topological polar surface area (TPSA) is 71.1 Å². The van der Waals surface area contributed by atoms with Gasteiger partial charge in [-0.2, -0.15) is 0 Å². The molecule has 6 heteroatoms. The smallest absolute Gasteiger partial charge is 0.231 e. The zero-order chi connectivity index (χ0) is 21.8. The molecular formula is C25H20O6. The molecule has 0 spiro atoms. The summed E-state index contributed by atoms with van der Waals surface area (Å²) in [5.41, 5.74) is 1.66. The van der Waals surface area contributed by atoms with Crippen molar-refractivity contribution < 1.29 is 28.5 Å². The van der Waals surface area contributed by atoms with Gasteiger partial charge in [-0.05, 0) is 36.4 Å². The number of Topliss-reactive ketones (excluding diaryl/α,β-unsaturated/α-hetero) is 2. The van der Waals surface area contributed by atoms with Gasteiger partial charge in [-0.3, -0.25) is 9.59 Å². The lowest BCUT2D eigenvalue weighted by molar-refractivity contribution is 0.0921. The third-order valence-electron chi connectivity index (χ3n) is 4.83. The third-order valence-corrected chi connectivity index (χ3v) is 4.83. The van der Waals surface area contributed by atoms with E-state index in [4.69, 9.17) is 18.9 Å². The first-order valence-corrected chi connectivity index (χ1v) is 9.60. The second kappa shape index (κ2) is 8.75. The lowest BCUT2D eigenvalue weighted by Crippen LogP contribution is -2.11. The van der Waals surface area contributed by atoms with Gasteiger partial charge >= 0.3 is 0 Å². The predicted octanol–water partition coefficient (Wildman–Crippen LogP) is 4.58. The molecule has 0 saturated heterocycles. The highest BCUT2D eigenvalue weighted by Crippen LogP contribution is 2.36. The molecule has 6 nitrogen and oxygen atoms in total. The molecule has 0 saturated carbocycles. The Morgan fingerprint density at radius 1 is 0.935 bits per heavy atom. The zero-order valence-electron chi connectivity index (χ0n) is 17.1. The van der Waals surface area contributed by atoms with Crippen LogP contribution in [0, 0.1) is 0 Å². The summed E-state index contributed by atoms with van der Waals surface area (Å²) in [5, 5.41) is 0. The Balaban J connectivity index is 1.52. The number of methoxy groups -OCH3 is 2. The van der Waals surface area contributed by atoms with Gasteiger partial charge in [0.2, 0.25) is 5.78 Å². The molecule has 0 aromatic heterocycles. The average molecular weight is 416 g/mol. The summed E-state index contributed by atoms with van der Waals surface area (Å²) in [4.78, 5) is 25.0. The summed E-state index contributed by atoms with van der Waals surface area (Å²) in [5.74, 6) is 1.83. The Kier molecular flexibility index (Phi) is 5.71. The number of allylic oxidation sites excluding steroid dienone is 1. The molecule has 3 aromatic carbocycles. The molecule has 0 atom stereocenters. The van der Waals surface area contributed by atoms with Crippen LogP contribution >= 0.6 is 0 Å². The molecule has 1 heterocycles. The van der Waals surface area contributed by atoms with Crippen molar-refractivity contribution in [2.45, 2.75) is 0 Å². The van der Waals surface area contributed by atoms with Crippen LogP contribution in [0.4, 0.5) is 0 Å². The van der Waals surface area contributed by atoms with Crippen LogP contribution in [0.5, 0.6) is 23.0 Å². The maximum absolute atomic E-state index is 12.8. The molecule has 0 fully saturated rings. The number of hydrogen-bond acceptors (Lipinski definition) is 6. The third kappa shape index (κ3) is 4.28. The molecule has 31 heavy (non-hydrogen) atoms. The van der Waals surface area contributed by atoms with Gasteiger partial charge in [0.15, 0.2) is 18.1 Å². The van der Waals surface area contributed by atoms with E-state index in [1.807, 2.05) is 6.07 Å². The molecule has 0 aliphatic carbocycles. The molecule has 0 radical (unpaired) electrons. The fraction of sp³-hybridized carbons (Fsp3) is 0.120. The standard InChI is InChI=1S/C25H20O6/c1-28-18-9-11-22(29-2)17(12-18)13-24-25(27)20-10-8-19(14-23(20)31-24)30-15-21(26)16-6-4-3-5-7-16/h3-14H,15H2,1-2H3/b24-13-. The largest absolute Gasteiger partial charge is 0.497 e. The van der Waals surface area contributed by atoms with Crippen LogP contribution in [0.2, 0.25) is 0 Å². The maximum Gasteiger partial charge on any atom is 0.231 e. The van der Waals surface area contributed by atoms with Gasteiger partial charge in [-0.1, -0.05) is 30.3 Å². The van der Waals surface area contributed by atoms with Gasteiger partial charge in [0.05, 0.1) is 19.8 Å². The number of rotatable bonds is 7. The summed E-state index contributed by atoms with van der Waals surface area (Å²) >= 11 is 0. The van der Waals surface area contributed by atoms with Gasteiger partial charge in [0.1, 0.15) is 23.0 Å². The summed E-state index contributed by atoms with van der Waals surface area (Å²) in [6.07, 6.45) is 1.61. The molecule has 156 valence electrons. The van der Waals surface area contributed by atoms with Crippen molar-refractivity contribution in [3.63, 3.8) is 0 Å². The monoisotopic (exact) mass is 416 g/mol. The maximum atomic E-state index is 12.8. The first-order chi connectivity index (χ1) is 15.1. The molecule has 0 amide bonds. The Morgan fingerprint density at radius 2 is 1.71 bits per heavy atom. The molecular weight excluding hydrogens is 396 g/mol. The highest BCUT2D eigenvalue weighted by atomic mass is 16.5. The normalized spacial score (nSPS) is 13.5. The van der Waals surface area contributed by atoms with Gasteiger partial charge in [0, 0.05) is 17.2 Å². The van der Waals surface area contributed by atoms with Crippen LogP contribution in [-0.2, 0) is 0 Å². The predicted molar refractivity (Wildman–Crippen MR) is 115 cm³/mol. The first kappa shape index (κ1) is 20.2. The van der Waals surface area contributed by atoms with Crippen LogP contribution in [0.15, 0.2) is 72.5 Å². The van der Waals surface area contributed by atoms with Crippen molar-refractivity contribution in [3.05, 3.63) is 89.2 Å². The minimum atomic E-state index is -0.244. The van der Waals surface area contributed by atoms with Gasteiger partial charge in [0.25, 0.3) is 0 Å². The SMILES string of the molecule is COc1ccc(OC)c(/C=C2\Oc3cc(OCC(=O)c4ccccc4)ccc3C2=O)c1. The van der Waals surface area contributed by atoms with Crippen molar-refractivity contribution in [2.75, 3.05) is 20.8 Å². The Bertz CT molecular complexity index is 1160. The van der Waals surface area contributed by atoms with Crippen LogP contribution in [0.25, 0.3) is 6.08 Å². The highest BCUT2D eigenvalue weighted by Gasteiger charge is 2.28. The average Bonchev–Trinajstić information content (AvgIpc) is 3.12. The first-order valence-electron chi connectivity index (χ1n) is 9.60. The number of fused-ring (bicyclic) bond motifs is 1. The molecule has 1 aliphatic rings. The van der Waals surface area contributed by atoms with Crippen molar-refractivity contribution in [3.8, 4) is 23.0 Å². The number of ether oxygens (including phenoxy) is 4. The minimum Gasteiger partial charge on any atom is -0.497 e. The quantitative estimate of drug-likeness (QED) is 0.415. The van der Waals surface area contributed by atoms with Crippen molar-refractivity contribution >= 4 is 17.6 Å². The van der Waals surface area contributed by atoms with E-state index in [1.54, 1.807) is 81.0 Å². The highest BCUT2D eigenvalue weighted by molar-refractivity contribution is 6.14. The second-order valence-corrected chi connectivity index (χ2v) is 6.78. The number of hydrogen-bond donors (Lipinski definition) is 0. The van der Waals surface area contributed by atoms with Crippen LogP contribution in [0.3, 0.4) is 0 Å². The molecule has 4 rings (SSSR count). The Morgan fingerprint density at radius 3 is 2.45 bits per heavy atom. The number of ketones is 2. The van der Waals surface area contributed by atoms with E-state index in [2.05, 4.69) is 0 Å². The Labute approximate surface area is 179 Å². The van der Waals surface area contributed by atoms with E-state index in [9.17, 15) is 9.59 Å². The van der Waals surface area contributed by atoms with Gasteiger partial charge < -0.3 is 18.9 Å². The fourth-order valence-electron chi connectivity index (χ4n) is 3.21. The molecule has 0 N–H and O–H groups in total. The summed E-state index contributed by atoms with van der Waals surface area (Å²) in [7, 11) is 3.12. The molecule has 1 aliphatic heterocycles. The molecule has 0 bridgehead atoms. The van der Waals surface area contributed by atoms with E-state index in [1.165, 1.54) is 0 Å². The van der Waals surface area contributed by atoms with Crippen molar-refractivity contribution in [1.82, 2.24) is 0 Å². The van der Waals surface area contributed by atoms with E-state index in [0.29, 0.717) is 39.7 Å². The summed E-state index contributed by atoms with van der Waals surface area (Å²) in [6, 6.07) is 19.1. The van der Waals surface area contributed by atoms with E-state index >= 15 is 0 Å². The molecule has 3 aromatic rings. The second-order valence-electron chi connectivity index (χ2n) is 6.78. The number of carbonyl (C=O) groups excluding carboxylic acids is 2. The lowest BCUT2D eigenvalue weighted by Gasteiger charge is -2.08. The van der Waals surface area contributed by atoms with Gasteiger partial charge in [-0.15, -0.1) is 0 Å². The number of carbonyl (C=O) groups is 2.